The minimum Gasteiger partial charge on any atom is -0.396 e. The fraction of sp³-hybridized carbons (Fsp3) is 0. The zero-order valence-electron chi connectivity index (χ0n) is 8.74. The Labute approximate surface area is 102 Å². The summed E-state index contributed by atoms with van der Waals surface area (Å²) >= 11 is 5.65. The van der Waals surface area contributed by atoms with Crippen LogP contribution < -0.4 is 16.8 Å². The van der Waals surface area contributed by atoms with Crippen LogP contribution in [0.3, 0.4) is 0 Å². The summed E-state index contributed by atoms with van der Waals surface area (Å²) in [6.45, 7) is 0. The van der Waals surface area contributed by atoms with Gasteiger partial charge in [-0.1, -0.05) is 11.6 Å². The molecule has 0 aliphatic heterocycles. The van der Waals surface area contributed by atoms with Crippen molar-refractivity contribution in [3.8, 4) is 0 Å². The van der Waals surface area contributed by atoms with Crippen LogP contribution in [0.15, 0.2) is 30.3 Å². The van der Waals surface area contributed by atoms with Gasteiger partial charge in [0.05, 0.1) is 11.4 Å². The fourth-order valence-electron chi connectivity index (χ4n) is 1.28. The van der Waals surface area contributed by atoms with Gasteiger partial charge in [0.25, 0.3) is 0 Å². The molecule has 0 unspecified atom stereocenters. The number of pyridine rings is 1. The number of benzene rings is 1. The van der Waals surface area contributed by atoms with Gasteiger partial charge in [0.2, 0.25) is 0 Å². The second-order valence-electron chi connectivity index (χ2n) is 3.42. The predicted octanol–water partition coefficient (Wildman–Crippen LogP) is 2.78. The maximum Gasteiger partial charge on any atom is 0.149 e. The molecule has 0 bridgehead atoms. The van der Waals surface area contributed by atoms with Crippen LogP contribution in [0.1, 0.15) is 0 Å². The van der Waals surface area contributed by atoms with E-state index in [-0.39, 0.29) is 11.5 Å². The highest BCUT2D eigenvalue weighted by Crippen LogP contribution is 2.23. The van der Waals surface area contributed by atoms with Gasteiger partial charge in [-0.15, -0.1) is 0 Å². The lowest BCUT2D eigenvalue weighted by molar-refractivity contribution is 0.632. The summed E-state index contributed by atoms with van der Waals surface area (Å²) in [6, 6.07) is 7.52. The van der Waals surface area contributed by atoms with E-state index in [1.165, 1.54) is 12.1 Å². The molecule has 0 amide bonds. The van der Waals surface area contributed by atoms with Crippen molar-refractivity contribution in [2.45, 2.75) is 0 Å². The topological polar surface area (TPSA) is 77.0 Å². The lowest BCUT2D eigenvalue weighted by Crippen LogP contribution is -2.01. The van der Waals surface area contributed by atoms with Crippen LogP contribution in [-0.4, -0.2) is 4.98 Å². The normalized spacial score (nSPS) is 10.2. The Hall–Kier alpha value is -2.01. The summed E-state index contributed by atoms with van der Waals surface area (Å²) in [5.41, 5.74) is 11.7. The Morgan fingerprint density at radius 3 is 2.59 bits per heavy atom. The molecule has 0 aliphatic carbocycles. The number of rotatable bonds is 2. The molecule has 17 heavy (non-hydrogen) atoms. The van der Waals surface area contributed by atoms with Crippen molar-refractivity contribution in [2.75, 3.05) is 16.8 Å². The van der Waals surface area contributed by atoms with Crippen molar-refractivity contribution in [2.24, 2.45) is 0 Å². The first-order valence-corrected chi connectivity index (χ1v) is 5.18. The van der Waals surface area contributed by atoms with Crippen LogP contribution in [0.4, 0.5) is 27.4 Å². The minimum absolute atomic E-state index is 0.198. The van der Waals surface area contributed by atoms with Crippen molar-refractivity contribution in [1.29, 1.82) is 0 Å². The summed E-state index contributed by atoms with van der Waals surface area (Å²) in [5.74, 6) is 0.150. The molecule has 1 aromatic heterocycles. The average Bonchev–Trinajstić information content (AvgIpc) is 2.27. The smallest absolute Gasteiger partial charge is 0.149 e. The molecule has 88 valence electrons. The predicted molar refractivity (Wildman–Crippen MR) is 67.8 cm³/mol. The van der Waals surface area contributed by atoms with Crippen LogP contribution >= 0.6 is 11.6 Å². The number of aromatic nitrogens is 1. The zero-order chi connectivity index (χ0) is 12.4. The number of nitrogens with one attached hydrogen (secondary N) is 1. The first-order valence-electron chi connectivity index (χ1n) is 4.80. The van der Waals surface area contributed by atoms with Crippen LogP contribution in [-0.2, 0) is 0 Å². The number of nitrogens with two attached hydrogens (primary N) is 2. The van der Waals surface area contributed by atoms with Gasteiger partial charge in [-0.25, -0.2) is 9.37 Å². The van der Waals surface area contributed by atoms with Crippen molar-refractivity contribution in [1.82, 2.24) is 4.98 Å². The van der Waals surface area contributed by atoms with Crippen LogP contribution in [0.2, 0.25) is 5.02 Å². The summed E-state index contributed by atoms with van der Waals surface area (Å²) in [6.07, 6.45) is 0. The summed E-state index contributed by atoms with van der Waals surface area (Å²) in [5, 5.41) is 3.12. The molecule has 0 atom stereocenters. The zero-order valence-corrected chi connectivity index (χ0v) is 9.50. The third-order valence-electron chi connectivity index (χ3n) is 2.15. The molecular weight excluding hydrogens is 243 g/mol. The lowest BCUT2D eigenvalue weighted by atomic mass is 10.3. The Morgan fingerprint density at radius 2 is 1.94 bits per heavy atom. The highest BCUT2D eigenvalue weighted by Gasteiger charge is 2.05. The average molecular weight is 253 g/mol. The van der Waals surface area contributed by atoms with Gasteiger partial charge in [0, 0.05) is 5.02 Å². The molecule has 1 aromatic carbocycles. The van der Waals surface area contributed by atoms with E-state index in [0.717, 1.165) is 0 Å². The Morgan fingerprint density at radius 1 is 1.18 bits per heavy atom. The summed E-state index contributed by atoms with van der Waals surface area (Å²) in [7, 11) is 0. The maximum atomic E-state index is 13.5. The number of nitrogens with zero attached hydrogens (tertiary/aromatic N) is 1. The Bertz CT molecular complexity index is 559. The summed E-state index contributed by atoms with van der Waals surface area (Å²) in [4.78, 5) is 3.97. The monoisotopic (exact) mass is 252 g/mol. The molecule has 2 aromatic rings. The SMILES string of the molecule is Nc1ccc(Nc2ccc(Cl)cc2F)nc1N. The number of hydrogen-bond acceptors (Lipinski definition) is 4. The van der Waals surface area contributed by atoms with Gasteiger partial charge in [0.15, 0.2) is 0 Å². The Kier molecular flexibility index (Phi) is 3.01. The first-order chi connectivity index (χ1) is 8.06. The molecule has 2 rings (SSSR count). The van der Waals surface area contributed by atoms with Gasteiger partial charge >= 0.3 is 0 Å². The molecular formula is C11H10ClFN4. The van der Waals surface area contributed by atoms with E-state index < -0.39 is 5.82 Å². The highest BCUT2D eigenvalue weighted by molar-refractivity contribution is 6.30. The van der Waals surface area contributed by atoms with Crippen LogP contribution in [0.5, 0.6) is 0 Å². The van der Waals surface area contributed by atoms with Gasteiger partial charge < -0.3 is 16.8 Å². The van der Waals surface area contributed by atoms with Gasteiger partial charge in [-0.3, -0.25) is 0 Å². The van der Waals surface area contributed by atoms with Gasteiger partial charge in [0.1, 0.15) is 17.5 Å². The molecule has 0 saturated heterocycles. The maximum absolute atomic E-state index is 13.5. The fourth-order valence-corrected chi connectivity index (χ4v) is 1.44. The highest BCUT2D eigenvalue weighted by atomic mass is 35.5. The quantitative estimate of drug-likeness (QED) is 0.768. The number of halogens is 2. The van der Waals surface area contributed by atoms with Crippen molar-refractivity contribution >= 4 is 34.6 Å². The molecule has 1 heterocycles. The molecule has 0 spiro atoms. The molecule has 6 heteroatoms. The second-order valence-corrected chi connectivity index (χ2v) is 3.86. The van der Waals surface area contributed by atoms with E-state index in [1.807, 2.05) is 0 Å². The van der Waals surface area contributed by atoms with Crippen LogP contribution in [0.25, 0.3) is 0 Å². The number of hydrogen-bond donors (Lipinski definition) is 3. The number of anilines is 4. The van der Waals surface area contributed by atoms with Crippen molar-refractivity contribution in [3.05, 3.63) is 41.2 Å². The standard InChI is InChI=1S/C11H10ClFN4/c12-6-1-3-9(7(13)5-6)16-10-4-2-8(14)11(15)17-10/h1-5H,14H2,(H3,15,16,17). The van der Waals surface area contributed by atoms with Crippen molar-refractivity contribution in [3.63, 3.8) is 0 Å². The Balaban J connectivity index is 2.28. The van der Waals surface area contributed by atoms with E-state index in [9.17, 15) is 4.39 Å². The van der Waals surface area contributed by atoms with Crippen LogP contribution in [0, 0.1) is 5.82 Å². The minimum atomic E-state index is -0.463. The van der Waals surface area contributed by atoms with E-state index in [0.29, 0.717) is 16.5 Å². The molecule has 4 nitrogen and oxygen atoms in total. The second kappa shape index (κ2) is 4.47. The van der Waals surface area contributed by atoms with Gasteiger partial charge in [-0.05, 0) is 30.3 Å². The van der Waals surface area contributed by atoms with E-state index in [1.54, 1.807) is 18.2 Å². The molecule has 0 fully saturated rings. The molecule has 5 N–H and O–H groups in total. The van der Waals surface area contributed by atoms with E-state index in [2.05, 4.69) is 10.3 Å². The third-order valence-corrected chi connectivity index (χ3v) is 2.39. The largest absolute Gasteiger partial charge is 0.396 e. The summed E-state index contributed by atoms with van der Waals surface area (Å²) < 4.78 is 13.5. The molecule has 0 radical (unpaired) electrons. The van der Waals surface area contributed by atoms with Gasteiger partial charge in [-0.2, -0.15) is 0 Å². The lowest BCUT2D eigenvalue weighted by Gasteiger charge is -2.08. The van der Waals surface area contributed by atoms with Crippen molar-refractivity contribution < 1.29 is 4.39 Å². The van der Waals surface area contributed by atoms with E-state index in [4.69, 9.17) is 23.1 Å². The first kappa shape index (κ1) is 11.5. The third kappa shape index (κ3) is 2.57. The number of nitrogen functional groups attached to an aromatic ring is 2. The molecule has 0 aliphatic rings. The van der Waals surface area contributed by atoms with E-state index >= 15 is 0 Å². The molecule has 0 saturated carbocycles.